The maximum Gasteiger partial charge on any atom is 0.320 e. The molecule has 0 bridgehead atoms. The van der Waals surface area contributed by atoms with Gasteiger partial charge in [0.15, 0.2) is 0 Å². The number of carbonyl (C=O) groups is 1. The Morgan fingerprint density at radius 1 is 1.54 bits per heavy atom. The first kappa shape index (κ1) is 12.8. The van der Waals surface area contributed by atoms with Gasteiger partial charge in [-0.2, -0.15) is 0 Å². The molecule has 0 aromatic carbocycles. The van der Waals surface area contributed by atoms with Gasteiger partial charge in [0.05, 0.1) is 13.7 Å². The first-order valence-electron chi connectivity index (χ1n) is 3.66. The molecule has 0 spiro atoms. The second-order valence-corrected chi connectivity index (χ2v) is 3.71. The molecule has 3 nitrogen and oxygen atoms in total. The standard InChI is InChI=1S/C7H12BrF2NO2/c1-11(4-6(9)10)3-5(8)7(12)13-2/h5-6H,3-4H2,1-2H3. The van der Waals surface area contributed by atoms with Crippen LogP contribution in [0.1, 0.15) is 0 Å². The van der Waals surface area contributed by atoms with E-state index in [9.17, 15) is 13.6 Å². The van der Waals surface area contributed by atoms with Crippen LogP contribution in [0.4, 0.5) is 8.78 Å². The van der Waals surface area contributed by atoms with Gasteiger partial charge in [-0.15, -0.1) is 0 Å². The molecular weight excluding hydrogens is 248 g/mol. The van der Waals surface area contributed by atoms with Gasteiger partial charge < -0.3 is 4.74 Å². The van der Waals surface area contributed by atoms with Gasteiger partial charge in [0.25, 0.3) is 6.43 Å². The Labute approximate surface area is 84.2 Å². The summed E-state index contributed by atoms with van der Waals surface area (Å²) in [5, 5.41) is 0. The molecule has 0 amide bonds. The molecule has 0 aliphatic carbocycles. The van der Waals surface area contributed by atoms with Crippen LogP contribution in [0.5, 0.6) is 0 Å². The topological polar surface area (TPSA) is 29.5 Å². The third-order valence-electron chi connectivity index (χ3n) is 1.38. The van der Waals surface area contributed by atoms with E-state index in [0.717, 1.165) is 0 Å². The van der Waals surface area contributed by atoms with Crippen molar-refractivity contribution < 1.29 is 18.3 Å². The predicted octanol–water partition coefficient (Wildman–Crippen LogP) is 1.12. The smallest absolute Gasteiger partial charge is 0.320 e. The fourth-order valence-corrected chi connectivity index (χ4v) is 1.47. The van der Waals surface area contributed by atoms with E-state index in [-0.39, 0.29) is 13.1 Å². The highest BCUT2D eigenvalue weighted by Gasteiger charge is 2.18. The zero-order valence-corrected chi connectivity index (χ0v) is 9.05. The quantitative estimate of drug-likeness (QED) is 0.548. The zero-order chi connectivity index (χ0) is 10.4. The molecule has 0 saturated heterocycles. The van der Waals surface area contributed by atoms with E-state index in [1.54, 1.807) is 0 Å². The lowest BCUT2D eigenvalue weighted by atomic mass is 10.4. The summed E-state index contributed by atoms with van der Waals surface area (Å²) in [6.07, 6.45) is -2.39. The van der Waals surface area contributed by atoms with Gasteiger partial charge >= 0.3 is 5.97 Å². The Bertz CT molecular complexity index is 169. The Morgan fingerprint density at radius 2 is 2.08 bits per heavy atom. The molecule has 6 heteroatoms. The first-order valence-corrected chi connectivity index (χ1v) is 4.57. The third-order valence-corrected chi connectivity index (χ3v) is 2.04. The van der Waals surface area contributed by atoms with Gasteiger partial charge in [-0.1, -0.05) is 15.9 Å². The van der Waals surface area contributed by atoms with Crippen LogP contribution in [0.3, 0.4) is 0 Å². The number of hydrogen-bond donors (Lipinski definition) is 0. The van der Waals surface area contributed by atoms with E-state index in [0.29, 0.717) is 0 Å². The van der Waals surface area contributed by atoms with E-state index < -0.39 is 17.2 Å². The highest BCUT2D eigenvalue weighted by molar-refractivity contribution is 9.10. The summed E-state index contributed by atoms with van der Waals surface area (Å²) in [5.74, 6) is -0.457. The van der Waals surface area contributed by atoms with Crippen molar-refractivity contribution in [3.8, 4) is 0 Å². The molecule has 0 aliphatic rings. The lowest BCUT2D eigenvalue weighted by Crippen LogP contribution is -2.34. The molecule has 0 aromatic rings. The highest BCUT2D eigenvalue weighted by atomic mass is 79.9. The number of methoxy groups -OCH3 is 1. The first-order chi connectivity index (χ1) is 5.97. The van der Waals surface area contributed by atoms with Crippen LogP contribution >= 0.6 is 15.9 Å². The van der Waals surface area contributed by atoms with Crippen molar-refractivity contribution in [1.29, 1.82) is 0 Å². The number of alkyl halides is 3. The summed E-state index contributed by atoms with van der Waals surface area (Å²) in [4.78, 5) is 11.7. The predicted molar refractivity (Wildman–Crippen MR) is 48.2 cm³/mol. The van der Waals surface area contributed by atoms with Crippen LogP contribution in [0.15, 0.2) is 0 Å². The summed E-state index contributed by atoms with van der Waals surface area (Å²) in [6.45, 7) is -0.143. The number of hydrogen-bond acceptors (Lipinski definition) is 3. The average Bonchev–Trinajstić information content (AvgIpc) is 2.01. The van der Waals surface area contributed by atoms with E-state index in [1.807, 2.05) is 0 Å². The Morgan fingerprint density at radius 3 is 2.46 bits per heavy atom. The summed E-state index contributed by atoms with van der Waals surface area (Å²) >= 11 is 3.03. The summed E-state index contributed by atoms with van der Waals surface area (Å²) in [5.41, 5.74) is 0. The Kier molecular flexibility index (Phi) is 6.15. The minimum absolute atomic E-state index is 0.205. The van der Waals surface area contributed by atoms with Crippen molar-refractivity contribution in [3.05, 3.63) is 0 Å². The van der Waals surface area contributed by atoms with Gasteiger partial charge in [0.2, 0.25) is 0 Å². The molecule has 0 aliphatic heterocycles. The van der Waals surface area contributed by atoms with Crippen LogP contribution in [0.25, 0.3) is 0 Å². The minimum Gasteiger partial charge on any atom is -0.468 e. The number of halogens is 3. The van der Waals surface area contributed by atoms with Crippen LogP contribution in [-0.4, -0.2) is 49.4 Å². The summed E-state index contributed by atoms with van der Waals surface area (Å²) in [6, 6.07) is 0. The fourth-order valence-electron chi connectivity index (χ4n) is 0.786. The van der Waals surface area contributed by atoms with Crippen molar-refractivity contribution in [1.82, 2.24) is 4.90 Å². The molecule has 0 fully saturated rings. The molecule has 0 radical (unpaired) electrons. The lowest BCUT2D eigenvalue weighted by Gasteiger charge is -2.18. The SMILES string of the molecule is COC(=O)C(Br)CN(C)CC(F)F. The lowest BCUT2D eigenvalue weighted by molar-refractivity contribution is -0.140. The van der Waals surface area contributed by atoms with Crippen LogP contribution in [0, 0.1) is 0 Å². The molecule has 0 heterocycles. The minimum atomic E-state index is -2.39. The maximum absolute atomic E-state index is 11.8. The molecule has 78 valence electrons. The van der Waals surface area contributed by atoms with Gasteiger partial charge in [-0.3, -0.25) is 9.69 Å². The van der Waals surface area contributed by atoms with E-state index in [4.69, 9.17) is 0 Å². The third kappa shape index (κ3) is 5.93. The van der Waals surface area contributed by atoms with Crippen molar-refractivity contribution in [2.75, 3.05) is 27.2 Å². The van der Waals surface area contributed by atoms with Gasteiger partial charge in [0, 0.05) is 6.54 Å². The number of carbonyl (C=O) groups excluding carboxylic acids is 1. The number of rotatable bonds is 5. The van der Waals surface area contributed by atoms with Crippen molar-refractivity contribution in [2.24, 2.45) is 0 Å². The van der Waals surface area contributed by atoms with Crippen molar-refractivity contribution in [2.45, 2.75) is 11.3 Å². The molecule has 1 atom stereocenters. The molecular formula is C7H12BrF2NO2. The molecule has 0 aromatic heterocycles. The van der Waals surface area contributed by atoms with E-state index in [2.05, 4.69) is 20.7 Å². The number of esters is 1. The van der Waals surface area contributed by atoms with Crippen LogP contribution in [-0.2, 0) is 9.53 Å². The van der Waals surface area contributed by atoms with Gasteiger partial charge in [-0.05, 0) is 7.05 Å². The van der Waals surface area contributed by atoms with Crippen LogP contribution in [0.2, 0.25) is 0 Å². The maximum atomic E-state index is 11.8. The normalized spacial score (nSPS) is 13.5. The Hall–Kier alpha value is -0.230. The molecule has 0 rings (SSSR count). The molecule has 0 saturated carbocycles. The largest absolute Gasteiger partial charge is 0.468 e. The van der Waals surface area contributed by atoms with Gasteiger partial charge in [0.1, 0.15) is 4.83 Å². The molecule has 0 N–H and O–H groups in total. The second-order valence-electron chi connectivity index (χ2n) is 2.60. The van der Waals surface area contributed by atoms with E-state index >= 15 is 0 Å². The van der Waals surface area contributed by atoms with Crippen LogP contribution < -0.4 is 0 Å². The second kappa shape index (κ2) is 6.26. The monoisotopic (exact) mass is 259 g/mol. The number of nitrogens with zero attached hydrogens (tertiary/aromatic N) is 1. The summed E-state index contributed by atoms with van der Waals surface area (Å²) in [7, 11) is 2.77. The van der Waals surface area contributed by atoms with E-state index in [1.165, 1.54) is 19.1 Å². The van der Waals surface area contributed by atoms with Crippen molar-refractivity contribution >= 4 is 21.9 Å². The zero-order valence-electron chi connectivity index (χ0n) is 7.47. The Balaban J connectivity index is 3.77. The molecule has 13 heavy (non-hydrogen) atoms. The highest BCUT2D eigenvalue weighted by Crippen LogP contribution is 2.05. The number of ether oxygens (including phenoxy) is 1. The molecule has 1 unspecified atom stereocenters. The average molecular weight is 260 g/mol. The van der Waals surface area contributed by atoms with Crippen molar-refractivity contribution in [3.63, 3.8) is 0 Å². The summed E-state index contributed by atoms with van der Waals surface area (Å²) < 4.78 is 28.1. The fraction of sp³-hybridized carbons (Fsp3) is 0.857. The van der Waals surface area contributed by atoms with Gasteiger partial charge in [-0.25, -0.2) is 8.78 Å².